The summed E-state index contributed by atoms with van der Waals surface area (Å²) in [6.45, 7) is 6.64. The van der Waals surface area contributed by atoms with Crippen LogP contribution in [0.3, 0.4) is 0 Å². The van der Waals surface area contributed by atoms with Gasteiger partial charge in [0.15, 0.2) is 0 Å². The maximum atomic E-state index is 6.30. The van der Waals surface area contributed by atoms with Gasteiger partial charge in [0.2, 0.25) is 0 Å². The van der Waals surface area contributed by atoms with E-state index in [0.717, 1.165) is 22.6 Å². The molecule has 0 fully saturated rings. The fraction of sp³-hybridized carbons (Fsp3) is 0.333. The van der Waals surface area contributed by atoms with Crippen LogP contribution in [-0.4, -0.2) is 0 Å². The monoisotopic (exact) mass is 287 g/mol. The molecule has 2 N–H and O–H groups in total. The Morgan fingerprint density at radius 2 is 1.60 bits per heavy atom. The van der Waals surface area contributed by atoms with Crippen LogP contribution in [0.2, 0.25) is 5.02 Å². The van der Waals surface area contributed by atoms with E-state index in [2.05, 4.69) is 45.0 Å². The molecule has 1 unspecified atom stereocenters. The van der Waals surface area contributed by atoms with E-state index in [1.807, 2.05) is 24.3 Å². The van der Waals surface area contributed by atoms with Crippen LogP contribution in [0.5, 0.6) is 0 Å². The summed E-state index contributed by atoms with van der Waals surface area (Å²) >= 11 is 6.19. The van der Waals surface area contributed by atoms with Crippen molar-refractivity contribution in [3.8, 4) is 0 Å². The highest BCUT2D eigenvalue weighted by Gasteiger charge is 2.14. The van der Waals surface area contributed by atoms with Crippen molar-refractivity contribution in [1.29, 1.82) is 0 Å². The van der Waals surface area contributed by atoms with Crippen LogP contribution >= 0.6 is 11.6 Å². The minimum atomic E-state index is -0.0241. The Morgan fingerprint density at radius 1 is 1.00 bits per heavy atom. The molecule has 2 heteroatoms. The van der Waals surface area contributed by atoms with Gasteiger partial charge in [0.25, 0.3) is 0 Å². The summed E-state index contributed by atoms with van der Waals surface area (Å²) in [5.41, 5.74) is 10.0. The number of nitrogens with two attached hydrogens (primary N) is 1. The largest absolute Gasteiger partial charge is 0.324 e. The first-order valence-corrected chi connectivity index (χ1v) is 7.35. The van der Waals surface area contributed by atoms with E-state index in [0.29, 0.717) is 0 Å². The smallest absolute Gasteiger partial charge is 0.0438 e. The third-order valence-corrected chi connectivity index (χ3v) is 3.97. The Labute approximate surface area is 126 Å². The zero-order valence-electron chi connectivity index (χ0n) is 12.4. The molecule has 20 heavy (non-hydrogen) atoms. The van der Waals surface area contributed by atoms with Gasteiger partial charge in [-0.05, 0) is 34.6 Å². The number of hydrogen-bond donors (Lipinski definition) is 1. The number of rotatable bonds is 3. The van der Waals surface area contributed by atoms with Crippen molar-refractivity contribution < 1.29 is 0 Å². The molecular formula is C18H22ClN. The molecule has 0 radical (unpaired) electrons. The van der Waals surface area contributed by atoms with Crippen LogP contribution in [0.25, 0.3) is 0 Å². The van der Waals surface area contributed by atoms with Gasteiger partial charge in [0.1, 0.15) is 0 Å². The lowest BCUT2D eigenvalue weighted by atomic mass is 9.86. The van der Waals surface area contributed by atoms with Crippen molar-refractivity contribution in [3.63, 3.8) is 0 Å². The molecule has 1 nitrogen and oxygen atoms in total. The quantitative estimate of drug-likeness (QED) is 0.855. The summed E-state index contributed by atoms with van der Waals surface area (Å²) in [5, 5.41) is 0.786. The van der Waals surface area contributed by atoms with E-state index in [1.54, 1.807) is 0 Å². The maximum absolute atomic E-state index is 6.30. The van der Waals surface area contributed by atoms with E-state index in [-0.39, 0.29) is 11.5 Å². The van der Waals surface area contributed by atoms with Gasteiger partial charge in [-0.3, -0.25) is 0 Å². The predicted octanol–water partition coefficient (Wildman–Crippen LogP) is 4.88. The first kappa shape index (κ1) is 15.1. The SMILES string of the molecule is CC(C)(C)c1ccc(C(N)Cc2ccccc2Cl)cc1. The lowest BCUT2D eigenvalue weighted by Gasteiger charge is -2.20. The summed E-state index contributed by atoms with van der Waals surface area (Å²) in [7, 11) is 0. The molecule has 0 aliphatic rings. The van der Waals surface area contributed by atoms with Gasteiger partial charge in [0.05, 0.1) is 0 Å². The molecule has 0 aliphatic carbocycles. The summed E-state index contributed by atoms with van der Waals surface area (Å²) in [6.07, 6.45) is 0.758. The van der Waals surface area contributed by atoms with Gasteiger partial charge < -0.3 is 5.73 Å². The van der Waals surface area contributed by atoms with Gasteiger partial charge in [-0.15, -0.1) is 0 Å². The lowest BCUT2D eigenvalue weighted by Crippen LogP contribution is -2.15. The van der Waals surface area contributed by atoms with Crippen LogP contribution < -0.4 is 5.73 Å². The number of benzene rings is 2. The van der Waals surface area contributed by atoms with E-state index in [9.17, 15) is 0 Å². The van der Waals surface area contributed by atoms with Crippen LogP contribution in [0, 0.1) is 0 Å². The van der Waals surface area contributed by atoms with Gasteiger partial charge >= 0.3 is 0 Å². The van der Waals surface area contributed by atoms with E-state index in [1.165, 1.54) is 5.56 Å². The molecule has 0 aromatic heterocycles. The minimum absolute atomic E-state index is 0.0241. The molecule has 0 spiro atoms. The number of hydrogen-bond acceptors (Lipinski definition) is 1. The second-order valence-electron chi connectivity index (χ2n) is 6.27. The van der Waals surface area contributed by atoms with Gasteiger partial charge in [0, 0.05) is 11.1 Å². The van der Waals surface area contributed by atoms with Crippen molar-refractivity contribution in [3.05, 3.63) is 70.2 Å². The van der Waals surface area contributed by atoms with Crippen LogP contribution in [-0.2, 0) is 11.8 Å². The van der Waals surface area contributed by atoms with Crippen LogP contribution in [0.1, 0.15) is 43.5 Å². The lowest BCUT2D eigenvalue weighted by molar-refractivity contribution is 0.589. The van der Waals surface area contributed by atoms with E-state index >= 15 is 0 Å². The molecule has 2 aromatic carbocycles. The highest BCUT2D eigenvalue weighted by atomic mass is 35.5. The predicted molar refractivity (Wildman–Crippen MR) is 87.2 cm³/mol. The first-order valence-electron chi connectivity index (χ1n) is 6.97. The van der Waals surface area contributed by atoms with E-state index in [4.69, 9.17) is 17.3 Å². The van der Waals surface area contributed by atoms with Crippen molar-refractivity contribution in [1.82, 2.24) is 0 Å². The summed E-state index contributed by atoms with van der Waals surface area (Å²) in [6, 6.07) is 16.4. The maximum Gasteiger partial charge on any atom is 0.0438 e. The van der Waals surface area contributed by atoms with E-state index < -0.39 is 0 Å². The highest BCUT2D eigenvalue weighted by Crippen LogP contribution is 2.25. The Morgan fingerprint density at radius 3 is 2.15 bits per heavy atom. The minimum Gasteiger partial charge on any atom is -0.324 e. The molecule has 0 aliphatic heterocycles. The van der Waals surface area contributed by atoms with Gasteiger partial charge in [-0.2, -0.15) is 0 Å². The molecule has 0 saturated carbocycles. The van der Waals surface area contributed by atoms with Gasteiger partial charge in [-0.1, -0.05) is 74.8 Å². The molecule has 0 saturated heterocycles. The molecule has 0 bridgehead atoms. The Hall–Kier alpha value is -1.31. The zero-order valence-corrected chi connectivity index (χ0v) is 13.1. The average molecular weight is 288 g/mol. The highest BCUT2D eigenvalue weighted by molar-refractivity contribution is 6.31. The molecule has 0 heterocycles. The first-order chi connectivity index (χ1) is 9.38. The summed E-state index contributed by atoms with van der Waals surface area (Å²) < 4.78 is 0. The Balaban J connectivity index is 2.14. The van der Waals surface area contributed by atoms with Crippen molar-refractivity contribution in [2.24, 2.45) is 5.73 Å². The standard InChI is InChI=1S/C18H22ClN/c1-18(2,3)15-10-8-13(9-11-15)17(20)12-14-6-4-5-7-16(14)19/h4-11,17H,12,20H2,1-3H3. The molecule has 2 aromatic rings. The second-order valence-corrected chi connectivity index (χ2v) is 6.68. The molecule has 106 valence electrons. The molecule has 1 atom stereocenters. The fourth-order valence-corrected chi connectivity index (χ4v) is 2.46. The number of halogens is 1. The van der Waals surface area contributed by atoms with Crippen LogP contribution in [0.4, 0.5) is 0 Å². The second kappa shape index (κ2) is 5.99. The summed E-state index contributed by atoms with van der Waals surface area (Å²) in [4.78, 5) is 0. The normalized spacial score (nSPS) is 13.2. The fourth-order valence-electron chi connectivity index (χ4n) is 2.25. The third-order valence-electron chi connectivity index (χ3n) is 3.60. The van der Waals surface area contributed by atoms with Gasteiger partial charge in [-0.25, -0.2) is 0 Å². The Kier molecular flexibility index (Phi) is 4.52. The van der Waals surface area contributed by atoms with Crippen molar-refractivity contribution in [2.45, 2.75) is 38.6 Å². The Bertz CT molecular complexity index is 567. The summed E-state index contributed by atoms with van der Waals surface area (Å²) in [5.74, 6) is 0. The zero-order chi connectivity index (χ0) is 14.8. The average Bonchev–Trinajstić information content (AvgIpc) is 2.40. The topological polar surface area (TPSA) is 26.0 Å². The third kappa shape index (κ3) is 3.62. The van der Waals surface area contributed by atoms with Crippen LogP contribution in [0.15, 0.2) is 48.5 Å². The molecular weight excluding hydrogens is 266 g/mol. The molecule has 2 rings (SSSR count). The van der Waals surface area contributed by atoms with Crippen molar-refractivity contribution >= 4 is 11.6 Å². The molecule has 0 amide bonds. The van der Waals surface area contributed by atoms with Crippen molar-refractivity contribution in [2.75, 3.05) is 0 Å².